The number of fused-ring (bicyclic) bond motifs is 2. The van der Waals surface area contributed by atoms with Crippen LogP contribution in [0.3, 0.4) is 0 Å². The van der Waals surface area contributed by atoms with Crippen molar-refractivity contribution in [3.8, 4) is 11.1 Å². The molecule has 3 heteroatoms. The fraction of sp³-hybridized carbons (Fsp3) is 0.348. The van der Waals surface area contributed by atoms with Crippen LogP contribution in [0.1, 0.15) is 42.9 Å². The first kappa shape index (κ1) is 17.4. The van der Waals surface area contributed by atoms with Crippen LogP contribution >= 0.6 is 11.6 Å². The van der Waals surface area contributed by atoms with E-state index >= 15 is 0 Å². The number of halogens is 1. The number of hydrogen-bond acceptors (Lipinski definition) is 2. The molecule has 0 aliphatic heterocycles. The van der Waals surface area contributed by atoms with Crippen LogP contribution in [-0.4, -0.2) is 10.9 Å². The molecule has 134 valence electrons. The number of ketones is 1. The highest BCUT2D eigenvalue weighted by Gasteiger charge is 2.41. The fourth-order valence-corrected chi connectivity index (χ4v) is 4.74. The Kier molecular flexibility index (Phi) is 4.40. The van der Waals surface area contributed by atoms with Crippen LogP contribution in [0.15, 0.2) is 42.2 Å². The minimum atomic E-state index is 0.0801. The van der Waals surface area contributed by atoms with Crippen LogP contribution in [-0.2, 0) is 11.2 Å². The summed E-state index contributed by atoms with van der Waals surface area (Å²) in [5, 5.41) is 11.5. The maximum absolute atomic E-state index is 13.0. The molecule has 0 saturated heterocycles. The van der Waals surface area contributed by atoms with Crippen LogP contribution in [0, 0.1) is 18.8 Å². The minimum Gasteiger partial charge on any atom is -0.511 e. The Balaban J connectivity index is 1.88. The molecule has 4 rings (SSSR count). The van der Waals surface area contributed by atoms with E-state index in [4.69, 9.17) is 11.6 Å². The lowest BCUT2D eigenvalue weighted by molar-refractivity contribution is -0.117. The average Bonchev–Trinajstić information content (AvgIpc) is 3.07. The van der Waals surface area contributed by atoms with Gasteiger partial charge < -0.3 is 5.11 Å². The first-order valence-electron chi connectivity index (χ1n) is 9.36. The van der Waals surface area contributed by atoms with Crippen LogP contribution in [0.4, 0.5) is 0 Å². The topological polar surface area (TPSA) is 37.3 Å². The molecule has 2 aromatic carbocycles. The molecule has 2 aliphatic rings. The summed E-state index contributed by atoms with van der Waals surface area (Å²) in [5.74, 6) is 0.661. The van der Waals surface area contributed by atoms with Gasteiger partial charge in [-0.15, -0.1) is 0 Å². The Hall–Kier alpha value is -2.06. The summed E-state index contributed by atoms with van der Waals surface area (Å²) in [7, 11) is 0. The van der Waals surface area contributed by atoms with Crippen LogP contribution in [0.2, 0.25) is 5.02 Å². The van der Waals surface area contributed by atoms with Gasteiger partial charge in [-0.05, 0) is 78.6 Å². The van der Waals surface area contributed by atoms with E-state index in [2.05, 4.69) is 25.1 Å². The average molecular weight is 367 g/mol. The highest BCUT2D eigenvalue weighted by atomic mass is 35.5. The second-order valence-electron chi connectivity index (χ2n) is 7.52. The minimum absolute atomic E-state index is 0.0801. The van der Waals surface area contributed by atoms with E-state index in [1.54, 1.807) is 0 Å². The molecule has 2 nitrogen and oxygen atoms in total. The van der Waals surface area contributed by atoms with E-state index in [1.807, 2.05) is 25.1 Å². The molecule has 0 amide bonds. The number of allylic oxidation sites excluding steroid dienone is 2. The molecule has 2 aromatic rings. The molecule has 0 spiro atoms. The smallest absolute Gasteiger partial charge is 0.169 e. The zero-order chi connectivity index (χ0) is 18.4. The number of hydrogen-bond donors (Lipinski definition) is 1. The molecular formula is C23H23ClO2. The van der Waals surface area contributed by atoms with Gasteiger partial charge in [0.1, 0.15) is 5.76 Å². The van der Waals surface area contributed by atoms with Gasteiger partial charge in [0.05, 0.1) is 5.57 Å². The van der Waals surface area contributed by atoms with Crippen LogP contribution in [0.25, 0.3) is 16.7 Å². The largest absolute Gasteiger partial charge is 0.511 e. The lowest BCUT2D eigenvalue weighted by atomic mass is 9.81. The standard InChI is InChI=1S/C23H23ClO2/c1-3-14-4-5-15(19-9-8-18(24)10-13(19)2)12-20(14)21-22(25)16-6-7-17(11-16)23(21)26/h4-5,8-10,12,16-17,25H,3,6-7,11H2,1-2H3/t16-,17+/m1/s1. The molecule has 2 aliphatic carbocycles. The summed E-state index contributed by atoms with van der Waals surface area (Å²) in [4.78, 5) is 13.0. The second kappa shape index (κ2) is 6.59. The van der Waals surface area contributed by atoms with Crippen molar-refractivity contribution in [2.45, 2.75) is 39.5 Å². The highest BCUT2D eigenvalue weighted by molar-refractivity contribution is 6.30. The van der Waals surface area contributed by atoms with Crippen molar-refractivity contribution in [1.29, 1.82) is 0 Å². The Morgan fingerprint density at radius 1 is 1.08 bits per heavy atom. The third-order valence-electron chi connectivity index (χ3n) is 5.95. The molecule has 0 radical (unpaired) electrons. The number of aryl methyl sites for hydroxylation is 2. The van der Waals surface area contributed by atoms with Crippen molar-refractivity contribution in [1.82, 2.24) is 0 Å². The van der Waals surface area contributed by atoms with E-state index in [0.717, 1.165) is 58.5 Å². The van der Waals surface area contributed by atoms with Crippen LogP contribution < -0.4 is 0 Å². The molecule has 1 saturated carbocycles. The SMILES string of the molecule is CCc1ccc(-c2ccc(Cl)cc2C)cc1C1=C(O)[C@@H]2CC[C@@H](C2)C1=O. The monoisotopic (exact) mass is 366 g/mol. The van der Waals surface area contributed by atoms with Gasteiger partial charge in [0.2, 0.25) is 0 Å². The van der Waals surface area contributed by atoms with Crippen molar-refractivity contribution < 1.29 is 9.90 Å². The van der Waals surface area contributed by atoms with E-state index < -0.39 is 0 Å². The number of aliphatic hydroxyl groups excluding tert-OH is 1. The summed E-state index contributed by atoms with van der Waals surface area (Å²) in [6, 6.07) is 12.1. The van der Waals surface area contributed by atoms with Gasteiger partial charge in [-0.3, -0.25) is 4.79 Å². The molecule has 2 atom stereocenters. The van der Waals surface area contributed by atoms with Crippen molar-refractivity contribution in [2.75, 3.05) is 0 Å². The quantitative estimate of drug-likeness (QED) is 0.707. The summed E-state index contributed by atoms with van der Waals surface area (Å²) < 4.78 is 0. The van der Waals surface area contributed by atoms with Crippen molar-refractivity contribution in [3.63, 3.8) is 0 Å². The summed E-state index contributed by atoms with van der Waals surface area (Å²) in [6.45, 7) is 4.13. The normalized spacial score (nSPS) is 22.2. The third-order valence-corrected chi connectivity index (χ3v) is 6.19. The molecule has 0 aromatic heterocycles. The predicted molar refractivity (Wildman–Crippen MR) is 106 cm³/mol. The molecule has 1 N–H and O–H groups in total. The molecule has 0 unspecified atom stereocenters. The van der Waals surface area contributed by atoms with Gasteiger partial charge in [0, 0.05) is 16.9 Å². The molecule has 1 fully saturated rings. The van der Waals surface area contributed by atoms with E-state index in [0.29, 0.717) is 11.3 Å². The van der Waals surface area contributed by atoms with Crippen molar-refractivity contribution in [3.05, 3.63) is 63.9 Å². The number of Topliss-reactive ketones (excluding diaryl/α,β-unsaturated/α-hetero) is 1. The Morgan fingerprint density at radius 3 is 2.58 bits per heavy atom. The maximum atomic E-state index is 13.0. The first-order valence-corrected chi connectivity index (χ1v) is 9.74. The van der Waals surface area contributed by atoms with Gasteiger partial charge >= 0.3 is 0 Å². The number of carbonyl (C=O) groups is 1. The first-order chi connectivity index (χ1) is 12.5. The Bertz CT molecular complexity index is 926. The van der Waals surface area contributed by atoms with Gasteiger partial charge in [-0.2, -0.15) is 0 Å². The van der Waals surface area contributed by atoms with E-state index in [1.165, 1.54) is 0 Å². The zero-order valence-electron chi connectivity index (χ0n) is 15.2. The second-order valence-corrected chi connectivity index (χ2v) is 7.95. The Morgan fingerprint density at radius 2 is 1.85 bits per heavy atom. The third kappa shape index (κ3) is 2.77. The zero-order valence-corrected chi connectivity index (χ0v) is 15.9. The van der Waals surface area contributed by atoms with Crippen molar-refractivity contribution in [2.24, 2.45) is 11.8 Å². The van der Waals surface area contributed by atoms with Gasteiger partial charge in [-0.25, -0.2) is 0 Å². The number of aliphatic hydroxyl groups is 1. The maximum Gasteiger partial charge on any atom is 0.169 e. The van der Waals surface area contributed by atoms with Gasteiger partial charge in [0.25, 0.3) is 0 Å². The van der Waals surface area contributed by atoms with E-state index in [9.17, 15) is 9.90 Å². The van der Waals surface area contributed by atoms with Gasteiger partial charge in [-0.1, -0.05) is 36.7 Å². The highest BCUT2D eigenvalue weighted by Crippen LogP contribution is 2.46. The summed E-state index contributed by atoms with van der Waals surface area (Å²) >= 11 is 6.10. The molecule has 0 heterocycles. The lowest BCUT2D eigenvalue weighted by Crippen LogP contribution is -2.22. The van der Waals surface area contributed by atoms with Crippen molar-refractivity contribution >= 4 is 23.0 Å². The molecule has 26 heavy (non-hydrogen) atoms. The number of benzene rings is 2. The lowest BCUT2D eigenvalue weighted by Gasteiger charge is -2.24. The Labute approximate surface area is 159 Å². The van der Waals surface area contributed by atoms with E-state index in [-0.39, 0.29) is 17.6 Å². The number of rotatable bonds is 3. The van der Waals surface area contributed by atoms with Crippen LogP contribution in [0.5, 0.6) is 0 Å². The summed E-state index contributed by atoms with van der Waals surface area (Å²) in [6.07, 6.45) is 3.46. The summed E-state index contributed by atoms with van der Waals surface area (Å²) in [5.41, 5.74) is 5.83. The predicted octanol–water partition coefficient (Wildman–Crippen LogP) is 6.15. The molecule has 2 bridgehead atoms. The fourth-order valence-electron chi connectivity index (χ4n) is 4.51. The number of carbonyl (C=O) groups excluding carboxylic acids is 1. The molecular weight excluding hydrogens is 344 g/mol. The van der Waals surface area contributed by atoms with Gasteiger partial charge in [0.15, 0.2) is 5.78 Å².